The van der Waals surface area contributed by atoms with Gasteiger partial charge in [-0.2, -0.15) is 0 Å². The maximum absolute atomic E-state index is 6.29. The molecule has 4 rings (SSSR count). The molecule has 0 unspecified atom stereocenters. The SMILES string of the molecule is COc1cccc(CNCCCc2nc3ccccc3[nH]2)c1OCc1c(Cl)cccc1Cl. The summed E-state index contributed by atoms with van der Waals surface area (Å²) in [6, 6.07) is 19.4. The van der Waals surface area contributed by atoms with Crippen LogP contribution in [0.4, 0.5) is 0 Å². The molecule has 0 aliphatic heterocycles. The van der Waals surface area contributed by atoms with Gasteiger partial charge in [0.15, 0.2) is 11.5 Å². The summed E-state index contributed by atoms with van der Waals surface area (Å²) in [5.74, 6) is 2.38. The number of halogens is 2. The predicted octanol–water partition coefficient (Wildman–Crippen LogP) is 6.18. The standard InChI is InChI=1S/C25H25Cl2N3O2/c1-31-23-12-4-7-17(25(23)32-16-18-19(26)8-5-9-20(18)27)15-28-14-6-13-24-29-21-10-2-3-11-22(21)30-24/h2-5,7-12,28H,6,13-16H2,1H3,(H,29,30). The predicted molar refractivity (Wildman–Crippen MR) is 130 cm³/mol. The monoisotopic (exact) mass is 469 g/mol. The minimum atomic E-state index is 0.262. The molecule has 32 heavy (non-hydrogen) atoms. The minimum absolute atomic E-state index is 0.262. The molecule has 0 radical (unpaired) electrons. The molecule has 4 aromatic rings. The van der Waals surface area contributed by atoms with E-state index in [1.807, 2.05) is 48.5 Å². The van der Waals surface area contributed by atoms with Gasteiger partial charge in [0.2, 0.25) is 0 Å². The van der Waals surface area contributed by atoms with E-state index in [9.17, 15) is 0 Å². The van der Waals surface area contributed by atoms with E-state index >= 15 is 0 Å². The third-order valence-corrected chi connectivity index (χ3v) is 5.93. The zero-order chi connectivity index (χ0) is 22.3. The minimum Gasteiger partial charge on any atom is -0.493 e. The molecule has 3 aromatic carbocycles. The van der Waals surface area contributed by atoms with Crippen LogP contribution in [0.25, 0.3) is 11.0 Å². The van der Waals surface area contributed by atoms with Crippen LogP contribution in [0.3, 0.4) is 0 Å². The number of nitrogens with one attached hydrogen (secondary N) is 2. The summed E-state index contributed by atoms with van der Waals surface area (Å²) in [7, 11) is 1.63. The van der Waals surface area contributed by atoms with Gasteiger partial charge in [0.05, 0.1) is 18.1 Å². The Kier molecular flexibility index (Phi) is 7.53. The molecule has 0 spiro atoms. The largest absolute Gasteiger partial charge is 0.493 e. The number of aromatic amines is 1. The average Bonchev–Trinajstić information content (AvgIpc) is 3.22. The summed E-state index contributed by atoms with van der Waals surface area (Å²) in [6.07, 6.45) is 1.85. The van der Waals surface area contributed by atoms with Crippen LogP contribution >= 0.6 is 23.2 Å². The van der Waals surface area contributed by atoms with Gasteiger partial charge in [-0.1, -0.05) is 53.5 Å². The number of ether oxygens (including phenoxy) is 2. The highest BCUT2D eigenvalue weighted by molar-refractivity contribution is 6.35. The van der Waals surface area contributed by atoms with Crippen LogP contribution in [-0.4, -0.2) is 23.6 Å². The topological polar surface area (TPSA) is 59.2 Å². The zero-order valence-electron chi connectivity index (χ0n) is 17.8. The van der Waals surface area contributed by atoms with E-state index in [-0.39, 0.29) is 6.61 Å². The highest BCUT2D eigenvalue weighted by atomic mass is 35.5. The van der Waals surface area contributed by atoms with Gasteiger partial charge in [0.1, 0.15) is 12.4 Å². The number of hydrogen-bond donors (Lipinski definition) is 2. The van der Waals surface area contributed by atoms with Crippen LogP contribution in [0.2, 0.25) is 10.0 Å². The number of fused-ring (bicyclic) bond motifs is 1. The zero-order valence-corrected chi connectivity index (χ0v) is 19.3. The Morgan fingerprint density at radius 2 is 1.75 bits per heavy atom. The van der Waals surface area contributed by atoms with Gasteiger partial charge in [0.25, 0.3) is 0 Å². The highest BCUT2D eigenvalue weighted by Crippen LogP contribution is 2.33. The average molecular weight is 470 g/mol. The van der Waals surface area contributed by atoms with Crippen molar-refractivity contribution >= 4 is 34.2 Å². The van der Waals surface area contributed by atoms with Gasteiger partial charge in [-0.05, 0) is 43.3 Å². The molecular weight excluding hydrogens is 445 g/mol. The first kappa shape index (κ1) is 22.5. The Bertz CT molecular complexity index is 1140. The number of benzene rings is 3. The van der Waals surface area contributed by atoms with E-state index in [1.165, 1.54) is 0 Å². The van der Waals surface area contributed by atoms with E-state index in [0.717, 1.165) is 47.4 Å². The quantitative estimate of drug-likeness (QED) is 0.272. The maximum atomic E-state index is 6.29. The summed E-state index contributed by atoms with van der Waals surface area (Å²) in [5.41, 5.74) is 3.85. The molecule has 5 nitrogen and oxygen atoms in total. The molecule has 0 saturated carbocycles. The first-order valence-corrected chi connectivity index (χ1v) is 11.3. The molecule has 2 N–H and O–H groups in total. The number of aromatic nitrogens is 2. The molecule has 0 aliphatic rings. The van der Waals surface area contributed by atoms with Crippen molar-refractivity contribution < 1.29 is 9.47 Å². The van der Waals surface area contributed by atoms with Gasteiger partial charge >= 0.3 is 0 Å². The fourth-order valence-corrected chi connectivity index (χ4v) is 4.07. The van der Waals surface area contributed by atoms with E-state index in [1.54, 1.807) is 19.2 Å². The van der Waals surface area contributed by atoms with E-state index in [2.05, 4.69) is 15.3 Å². The lowest BCUT2D eigenvalue weighted by atomic mass is 10.1. The first-order valence-electron chi connectivity index (χ1n) is 10.5. The Morgan fingerprint density at radius 1 is 0.969 bits per heavy atom. The molecular formula is C25H25Cl2N3O2. The van der Waals surface area contributed by atoms with E-state index < -0.39 is 0 Å². The maximum Gasteiger partial charge on any atom is 0.166 e. The number of aryl methyl sites for hydroxylation is 1. The summed E-state index contributed by atoms with van der Waals surface area (Å²) >= 11 is 12.6. The number of methoxy groups -OCH3 is 1. The fraction of sp³-hybridized carbons (Fsp3) is 0.240. The van der Waals surface area contributed by atoms with Crippen LogP contribution in [0.5, 0.6) is 11.5 Å². The van der Waals surface area contributed by atoms with E-state index in [0.29, 0.717) is 28.1 Å². The van der Waals surface area contributed by atoms with Gasteiger partial charge < -0.3 is 19.8 Å². The van der Waals surface area contributed by atoms with Gasteiger partial charge in [-0.15, -0.1) is 0 Å². The van der Waals surface area contributed by atoms with Crippen LogP contribution in [0, 0.1) is 0 Å². The lowest BCUT2D eigenvalue weighted by Gasteiger charge is -2.16. The molecule has 1 heterocycles. The number of imidazole rings is 1. The second-order valence-corrected chi connectivity index (χ2v) is 8.23. The molecule has 1 aromatic heterocycles. The molecule has 0 bridgehead atoms. The first-order chi connectivity index (χ1) is 15.7. The molecule has 0 atom stereocenters. The van der Waals surface area contributed by atoms with E-state index in [4.69, 9.17) is 32.7 Å². The molecule has 7 heteroatoms. The van der Waals surface area contributed by atoms with Crippen molar-refractivity contribution in [1.29, 1.82) is 0 Å². The second kappa shape index (κ2) is 10.7. The number of nitrogens with zero attached hydrogens (tertiary/aromatic N) is 1. The van der Waals surface area contributed by atoms with Crippen LogP contribution in [-0.2, 0) is 19.6 Å². The summed E-state index contributed by atoms with van der Waals surface area (Å²) in [4.78, 5) is 8.00. The highest BCUT2D eigenvalue weighted by Gasteiger charge is 2.13. The van der Waals surface area contributed by atoms with Crippen molar-refractivity contribution in [3.63, 3.8) is 0 Å². The van der Waals surface area contributed by atoms with Gasteiger partial charge in [-0.3, -0.25) is 0 Å². The smallest absolute Gasteiger partial charge is 0.166 e. The number of para-hydroxylation sites is 3. The fourth-order valence-electron chi connectivity index (χ4n) is 3.57. The molecule has 166 valence electrons. The third kappa shape index (κ3) is 5.36. The van der Waals surface area contributed by atoms with Crippen molar-refractivity contribution in [2.75, 3.05) is 13.7 Å². The number of rotatable bonds is 10. The summed E-state index contributed by atoms with van der Waals surface area (Å²) < 4.78 is 11.6. The second-order valence-electron chi connectivity index (χ2n) is 7.42. The van der Waals surface area contributed by atoms with Gasteiger partial charge in [0, 0.05) is 34.1 Å². The summed E-state index contributed by atoms with van der Waals surface area (Å²) in [6.45, 7) is 1.77. The molecule has 0 fully saturated rings. The summed E-state index contributed by atoms with van der Waals surface area (Å²) in [5, 5.41) is 4.65. The number of hydrogen-bond acceptors (Lipinski definition) is 4. The van der Waals surface area contributed by atoms with Crippen molar-refractivity contribution in [1.82, 2.24) is 15.3 Å². The Labute approximate surface area is 197 Å². The van der Waals surface area contributed by atoms with Crippen LogP contribution in [0.15, 0.2) is 60.7 Å². The Hall–Kier alpha value is -2.73. The normalized spacial score (nSPS) is 11.1. The van der Waals surface area contributed by atoms with Crippen molar-refractivity contribution in [2.45, 2.75) is 26.0 Å². The van der Waals surface area contributed by atoms with Crippen LogP contribution < -0.4 is 14.8 Å². The molecule has 0 saturated heterocycles. The molecule has 0 aliphatic carbocycles. The lowest BCUT2D eigenvalue weighted by molar-refractivity contribution is 0.281. The van der Waals surface area contributed by atoms with Crippen molar-refractivity contribution in [3.05, 3.63) is 87.7 Å². The van der Waals surface area contributed by atoms with Crippen molar-refractivity contribution in [3.8, 4) is 11.5 Å². The van der Waals surface area contributed by atoms with Gasteiger partial charge in [-0.25, -0.2) is 4.98 Å². The van der Waals surface area contributed by atoms with Crippen molar-refractivity contribution in [2.24, 2.45) is 0 Å². The Morgan fingerprint density at radius 3 is 2.53 bits per heavy atom. The third-order valence-electron chi connectivity index (χ3n) is 5.22. The number of H-pyrrole nitrogens is 1. The van der Waals surface area contributed by atoms with Crippen LogP contribution in [0.1, 0.15) is 23.4 Å². The Balaban J connectivity index is 1.34. The molecule has 0 amide bonds. The lowest BCUT2D eigenvalue weighted by Crippen LogP contribution is -2.16.